The molecule has 0 heterocycles. The minimum atomic E-state index is -3.60. The number of hydrogen-bond acceptors (Lipinski definition) is 4. The highest BCUT2D eigenvalue weighted by molar-refractivity contribution is 7.87. The Morgan fingerprint density at radius 2 is 1.78 bits per heavy atom. The molecule has 0 bridgehead atoms. The van der Waals surface area contributed by atoms with Crippen molar-refractivity contribution in [1.29, 1.82) is 0 Å². The second-order valence-electron chi connectivity index (χ2n) is 6.41. The van der Waals surface area contributed by atoms with Crippen molar-refractivity contribution in [1.82, 2.24) is 4.90 Å². The Morgan fingerprint density at radius 1 is 1.11 bits per heavy atom. The van der Waals surface area contributed by atoms with Crippen molar-refractivity contribution >= 4 is 27.6 Å². The number of alkyl halides is 1. The van der Waals surface area contributed by atoms with Crippen molar-refractivity contribution in [2.75, 3.05) is 5.75 Å². The van der Waals surface area contributed by atoms with E-state index in [1.54, 1.807) is 23.1 Å². The van der Waals surface area contributed by atoms with Gasteiger partial charge in [0.25, 0.3) is 0 Å². The highest BCUT2D eigenvalue weighted by atomic mass is 35.5. The highest BCUT2D eigenvalue weighted by Gasteiger charge is 2.26. The summed E-state index contributed by atoms with van der Waals surface area (Å²) in [5.74, 6) is -0.0832. The quantitative estimate of drug-likeness (QED) is 0.485. The third-order valence-electron chi connectivity index (χ3n) is 4.04. The molecule has 0 N–H and O–H groups in total. The van der Waals surface area contributed by atoms with Crippen molar-refractivity contribution in [2.45, 2.75) is 38.7 Å². The van der Waals surface area contributed by atoms with Gasteiger partial charge in [-0.3, -0.25) is 4.79 Å². The zero-order valence-electron chi connectivity index (χ0n) is 15.6. The molecule has 1 amide bonds. The molecular formula is C20H24ClNO4S. The molecule has 2 aromatic carbocycles. The van der Waals surface area contributed by atoms with Gasteiger partial charge in [-0.15, -0.1) is 11.6 Å². The SMILES string of the molecule is CCS(=O)(=O)Oc1cccc(CN(C(=O)C(Cl)c2ccccc2)C(C)C)c1. The lowest BCUT2D eigenvalue weighted by atomic mass is 10.1. The summed E-state index contributed by atoms with van der Waals surface area (Å²) < 4.78 is 28.4. The van der Waals surface area contributed by atoms with Crippen LogP contribution in [0.1, 0.15) is 37.3 Å². The Balaban J connectivity index is 2.20. The summed E-state index contributed by atoms with van der Waals surface area (Å²) in [6, 6.07) is 15.8. The van der Waals surface area contributed by atoms with Gasteiger partial charge < -0.3 is 9.08 Å². The first kappa shape index (κ1) is 21.3. The zero-order valence-corrected chi connectivity index (χ0v) is 17.2. The molecule has 2 rings (SSSR count). The molecule has 0 aliphatic heterocycles. The van der Waals surface area contributed by atoms with Gasteiger partial charge in [0, 0.05) is 12.6 Å². The molecule has 0 aliphatic carbocycles. The first-order valence-electron chi connectivity index (χ1n) is 8.74. The van der Waals surface area contributed by atoms with Crippen LogP contribution in [0.2, 0.25) is 0 Å². The Bertz CT molecular complexity index is 869. The first-order valence-corrected chi connectivity index (χ1v) is 10.8. The molecule has 0 fully saturated rings. The molecule has 27 heavy (non-hydrogen) atoms. The average molecular weight is 410 g/mol. The van der Waals surface area contributed by atoms with Gasteiger partial charge in [0.15, 0.2) is 0 Å². The van der Waals surface area contributed by atoms with Gasteiger partial charge in [-0.05, 0) is 44.0 Å². The lowest BCUT2D eigenvalue weighted by molar-refractivity contribution is -0.133. The number of carbonyl (C=O) groups excluding carboxylic acids is 1. The topological polar surface area (TPSA) is 63.7 Å². The normalized spacial score (nSPS) is 12.6. The van der Waals surface area contributed by atoms with Crippen LogP contribution in [-0.2, 0) is 21.5 Å². The third kappa shape index (κ3) is 5.97. The van der Waals surface area contributed by atoms with E-state index in [1.807, 2.05) is 50.2 Å². The summed E-state index contributed by atoms with van der Waals surface area (Å²) in [6.45, 7) is 5.64. The molecule has 0 radical (unpaired) electrons. The van der Waals surface area contributed by atoms with E-state index in [9.17, 15) is 13.2 Å². The van der Waals surface area contributed by atoms with Crippen molar-refractivity contribution in [3.05, 3.63) is 65.7 Å². The van der Waals surface area contributed by atoms with Crippen molar-refractivity contribution < 1.29 is 17.4 Å². The van der Waals surface area contributed by atoms with Crippen molar-refractivity contribution in [3.63, 3.8) is 0 Å². The Labute approximate surface area is 166 Å². The van der Waals surface area contributed by atoms with E-state index < -0.39 is 15.5 Å². The molecule has 0 aromatic heterocycles. The fourth-order valence-electron chi connectivity index (χ4n) is 2.52. The van der Waals surface area contributed by atoms with Crippen molar-refractivity contribution in [3.8, 4) is 5.75 Å². The van der Waals surface area contributed by atoms with Gasteiger partial charge in [0.1, 0.15) is 11.1 Å². The van der Waals surface area contributed by atoms with Crippen LogP contribution < -0.4 is 4.18 Å². The fraction of sp³-hybridized carbons (Fsp3) is 0.350. The van der Waals surface area contributed by atoms with Gasteiger partial charge in [0.05, 0.1) is 5.75 Å². The summed E-state index contributed by atoms with van der Waals surface area (Å²) in [4.78, 5) is 14.6. The molecule has 1 unspecified atom stereocenters. The highest BCUT2D eigenvalue weighted by Crippen LogP contribution is 2.26. The molecule has 7 heteroatoms. The van der Waals surface area contributed by atoms with Crippen LogP contribution in [0, 0.1) is 0 Å². The summed E-state index contributed by atoms with van der Waals surface area (Å²) in [7, 11) is -3.60. The van der Waals surface area contributed by atoms with Crippen LogP contribution in [0.4, 0.5) is 0 Å². The van der Waals surface area contributed by atoms with E-state index in [0.717, 1.165) is 11.1 Å². The first-order chi connectivity index (χ1) is 12.7. The third-order valence-corrected chi connectivity index (χ3v) is 5.64. The minimum absolute atomic E-state index is 0.0774. The smallest absolute Gasteiger partial charge is 0.308 e. The molecule has 146 valence electrons. The minimum Gasteiger partial charge on any atom is -0.382 e. The van der Waals surface area contributed by atoms with Crippen LogP contribution in [0.15, 0.2) is 54.6 Å². The fourth-order valence-corrected chi connectivity index (χ4v) is 3.31. The van der Waals surface area contributed by atoms with Gasteiger partial charge in [-0.25, -0.2) is 0 Å². The molecule has 2 aromatic rings. The zero-order chi connectivity index (χ0) is 20.0. The van der Waals surface area contributed by atoms with E-state index in [4.69, 9.17) is 15.8 Å². The Morgan fingerprint density at radius 3 is 2.37 bits per heavy atom. The van der Waals surface area contributed by atoms with Gasteiger partial charge in [0.2, 0.25) is 5.91 Å². The molecule has 5 nitrogen and oxygen atoms in total. The van der Waals surface area contributed by atoms with Crippen LogP contribution in [-0.4, -0.2) is 31.0 Å². The number of rotatable bonds is 8. The maximum absolute atomic E-state index is 12.9. The van der Waals surface area contributed by atoms with Gasteiger partial charge in [-0.2, -0.15) is 8.42 Å². The monoisotopic (exact) mass is 409 g/mol. The number of benzene rings is 2. The van der Waals surface area contributed by atoms with E-state index in [0.29, 0.717) is 6.54 Å². The predicted octanol–water partition coefficient (Wildman–Crippen LogP) is 4.13. The number of amides is 1. The molecular weight excluding hydrogens is 386 g/mol. The number of nitrogens with zero attached hydrogens (tertiary/aromatic N) is 1. The average Bonchev–Trinajstić information content (AvgIpc) is 2.65. The summed E-state index contributed by atoms with van der Waals surface area (Å²) in [6.07, 6.45) is 0. The van der Waals surface area contributed by atoms with Crippen LogP contribution in [0.3, 0.4) is 0 Å². The number of carbonyl (C=O) groups is 1. The van der Waals surface area contributed by atoms with E-state index in [1.165, 1.54) is 6.92 Å². The second-order valence-corrected chi connectivity index (χ2v) is 8.71. The van der Waals surface area contributed by atoms with Crippen molar-refractivity contribution in [2.24, 2.45) is 0 Å². The van der Waals surface area contributed by atoms with Gasteiger partial charge >= 0.3 is 10.1 Å². The lowest BCUT2D eigenvalue weighted by Gasteiger charge is -2.29. The predicted molar refractivity (Wildman–Crippen MR) is 107 cm³/mol. The van der Waals surface area contributed by atoms with Crippen LogP contribution >= 0.6 is 11.6 Å². The van der Waals surface area contributed by atoms with Gasteiger partial charge in [-0.1, -0.05) is 42.5 Å². The molecule has 0 spiro atoms. The van der Waals surface area contributed by atoms with Crippen LogP contribution in [0.5, 0.6) is 5.75 Å². The lowest BCUT2D eigenvalue weighted by Crippen LogP contribution is -2.38. The van der Waals surface area contributed by atoms with E-state index in [-0.39, 0.29) is 23.5 Å². The number of halogens is 1. The summed E-state index contributed by atoms with van der Waals surface area (Å²) in [5, 5.41) is -0.784. The summed E-state index contributed by atoms with van der Waals surface area (Å²) in [5.41, 5.74) is 1.50. The Kier molecular flexibility index (Phi) is 7.27. The standard InChI is InChI=1S/C20H24ClNO4S/c1-4-27(24,25)26-18-12-8-9-16(13-18)14-22(15(2)3)20(23)19(21)17-10-6-5-7-11-17/h5-13,15,19H,4,14H2,1-3H3. The second kappa shape index (κ2) is 9.24. The molecule has 0 aliphatic rings. The Hall–Kier alpha value is -2.05. The largest absolute Gasteiger partial charge is 0.382 e. The summed E-state index contributed by atoms with van der Waals surface area (Å²) >= 11 is 6.40. The van der Waals surface area contributed by atoms with Crippen LogP contribution in [0.25, 0.3) is 0 Å². The molecule has 0 saturated carbocycles. The molecule has 1 atom stereocenters. The maximum atomic E-state index is 12.9. The maximum Gasteiger partial charge on any atom is 0.308 e. The number of hydrogen-bond donors (Lipinski definition) is 0. The molecule has 0 saturated heterocycles. The van der Waals surface area contributed by atoms with E-state index >= 15 is 0 Å². The van der Waals surface area contributed by atoms with E-state index in [2.05, 4.69) is 0 Å².